The van der Waals surface area contributed by atoms with Gasteiger partial charge in [-0.25, -0.2) is 0 Å². The molecule has 0 radical (unpaired) electrons. The molecule has 0 unspecified atom stereocenters. The van der Waals surface area contributed by atoms with Crippen LogP contribution in [0, 0.1) is 6.92 Å². The van der Waals surface area contributed by atoms with Crippen molar-refractivity contribution in [1.82, 2.24) is 9.97 Å². The molecule has 0 amide bonds. The zero-order valence-corrected chi connectivity index (χ0v) is 47.9. The van der Waals surface area contributed by atoms with Crippen molar-refractivity contribution in [2.24, 2.45) is 0 Å². The number of aromatic nitrogens is 2. The van der Waals surface area contributed by atoms with Crippen LogP contribution in [-0.2, 0) is 47.4 Å². The highest BCUT2D eigenvalue weighted by Gasteiger charge is 2.64. The lowest BCUT2D eigenvalue weighted by Gasteiger charge is -2.32. The van der Waals surface area contributed by atoms with Crippen LogP contribution in [0.3, 0.4) is 0 Å². The van der Waals surface area contributed by atoms with Crippen LogP contribution in [0.15, 0.2) is 109 Å². The van der Waals surface area contributed by atoms with E-state index in [4.69, 9.17) is 42.2 Å². The van der Waals surface area contributed by atoms with E-state index in [2.05, 4.69) is 107 Å². The van der Waals surface area contributed by atoms with Gasteiger partial charge < -0.3 is 41.4 Å². The number of hydrogen-bond acceptors (Lipinski definition) is 13. The lowest BCUT2D eigenvalue weighted by Crippen LogP contribution is -2.41. The highest BCUT2D eigenvalue weighted by Crippen LogP contribution is 2.44. The maximum absolute atomic E-state index is 12.4. The molecule has 0 saturated carbocycles. The molecule has 0 bridgehead atoms. The van der Waals surface area contributed by atoms with Crippen molar-refractivity contribution in [2.45, 2.75) is 168 Å². The Morgan fingerprint density at radius 2 is 0.818 bits per heavy atom. The van der Waals surface area contributed by atoms with Crippen molar-refractivity contribution >= 4 is 71.1 Å². The molecule has 13 nitrogen and oxygen atoms in total. The molecule has 408 valence electrons. The Morgan fingerprint density at radius 1 is 0.455 bits per heavy atom. The number of alkyl halides is 3. The van der Waals surface area contributed by atoms with Gasteiger partial charge in [0.2, 0.25) is 0 Å². The summed E-state index contributed by atoms with van der Waals surface area (Å²) in [6.45, 7) is 34.7. The number of aryl methyl sites for hydroxylation is 1. The van der Waals surface area contributed by atoms with Gasteiger partial charge in [-0.3, -0.25) is 9.97 Å². The zero-order chi connectivity index (χ0) is 56.7. The van der Waals surface area contributed by atoms with Gasteiger partial charge in [0.15, 0.2) is 0 Å². The second-order valence-corrected chi connectivity index (χ2v) is 25.5. The van der Waals surface area contributed by atoms with Gasteiger partial charge in [-0.2, -0.15) is 21.6 Å². The lowest BCUT2D eigenvalue weighted by atomic mass is 9.49. The summed E-state index contributed by atoms with van der Waals surface area (Å²) in [7, 11) is -7.44. The summed E-state index contributed by atoms with van der Waals surface area (Å²) in [4.78, 5) is 9.10. The number of nitrogens with zero attached hydrogens (tertiary/aromatic N) is 2. The summed E-state index contributed by atoms with van der Waals surface area (Å²) in [5.74, 6) is -0.412. The van der Waals surface area contributed by atoms with Crippen LogP contribution in [0.1, 0.15) is 116 Å². The molecule has 21 heteroatoms. The summed E-state index contributed by atoms with van der Waals surface area (Å²) in [6.07, 6.45) is 3.48. The number of halogens is 3. The fraction of sp³-hybridized carbons (Fsp3) is 0.464. The Balaban J connectivity index is 0.000000161. The molecule has 4 aliphatic heterocycles. The van der Waals surface area contributed by atoms with E-state index in [1.807, 2.05) is 98.8 Å². The van der Waals surface area contributed by atoms with Gasteiger partial charge in [0.1, 0.15) is 5.75 Å². The molecule has 0 N–H and O–H groups in total. The Labute approximate surface area is 453 Å². The highest BCUT2D eigenvalue weighted by atomic mass is 32.2. The van der Waals surface area contributed by atoms with Gasteiger partial charge in [0, 0.05) is 34.3 Å². The van der Waals surface area contributed by atoms with Crippen molar-refractivity contribution in [3.63, 3.8) is 0 Å². The summed E-state index contributed by atoms with van der Waals surface area (Å²) >= 11 is 0. The molecule has 6 heterocycles. The molecule has 0 atom stereocenters. The van der Waals surface area contributed by atoms with E-state index in [0.717, 1.165) is 55.0 Å². The molecule has 4 aliphatic rings. The van der Waals surface area contributed by atoms with E-state index < -0.39 is 53.7 Å². The fourth-order valence-electron chi connectivity index (χ4n) is 8.81. The number of pyridine rings is 2. The number of fused-ring (bicyclic) bond motifs is 2. The van der Waals surface area contributed by atoms with Crippen molar-refractivity contribution in [2.75, 3.05) is 0 Å². The SMILES string of the molecule is CC1(C)OB(B2OC(C)(C)C(C)(C)O2)OC1(C)C.CC1(C)OB(c2ccc(-c3ccc(B4OC(C)(C)C(C)(C)O4)c4cccnc34)cc2)OC1(C)C.Cc1ccc(-c2ccc(OS(=O)(=O)C(F)(F)F)cc2)c2ncccc12. The molecule has 4 saturated heterocycles. The Morgan fingerprint density at radius 3 is 1.25 bits per heavy atom. The highest BCUT2D eigenvalue weighted by molar-refractivity contribution is 7.88. The average Bonchev–Trinajstić information content (AvgIpc) is 3.90. The Bertz CT molecular complexity index is 3170. The van der Waals surface area contributed by atoms with E-state index in [-0.39, 0.29) is 40.7 Å². The maximum atomic E-state index is 12.4. The largest absolute Gasteiger partial charge is 0.534 e. The Kier molecular flexibility index (Phi) is 15.2. The maximum Gasteiger partial charge on any atom is 0.534 e. The molecule has 77 heavy (non-hydrogen) atoms. The van der Waals surface area contributed by atoms with E-state index >= 15 is 0 Å². The minimum absolute atomic E-state index is 0.360. The molecule has 4 aromatic carbocycles. The van der Waals surface area contributed by atoms with E-state index in [0.29, 0.717) is 5.56 Å². The van der Waals surface area contributed by atoms with Crippen LogP contribution in [0.25, 0.3) is 44.1 Å². The smallest absolute Gasteiger partial charge is 0.405 e. The first kappa shape index (κ1) is 58.3. The van der Waals surface area contributed by atoms with E-state index in [9.17, 15) is 21.6 Å². The van der Waals surface area contributed by atoms with Gasteiger partial charge >= 0.3 is 43.9 Å². The lowest BCUT2D eigenvalue weighted by molar-refractivity contribution is -0.0500. The first-order chi connectivity index (χ1) is 35.4. The number of hydrogen-bond donors (Lipinski definition) is 0. The van der Waals surface area contributed by atoms with Gasteiger partial charge in [-0.15, -0.1) is 0 Å². The van der Waals surface area contributed by atoms with Crippen molar-refractivity contribution in [3.05, 3.63) is 115 Å². The summed E-state index contributed by atoms with van der Waals surface area (Å²) in [5.41, 5.74) is -0.0729. The second kappa shape index (κ2) is 20.1. The third kappa shape index (κ3) is 11.4. The molecule has 6 aromatic rings. The predicted octanol–water partition coefficient (Wildman–Crippen LogP) is 11.2. The predicted molar refractivity (Wildman–Crippen MR) is 298 cm³/mol. The van der Waals surface area contributed by atoms with Crippen molar-refractivity contribution in [1.29, 1.82) is 0 Å². The van der Waals surface area contributed by atoms with Crippen LogP contribution in [0.5, 0.6) is 5.75 Å². The van der Waals surface area contributed by atoms with Gasteiger partial charge in [-0.05, 0) is 170 Å². The van der Waals surface area contributed by atoms with Crippen molar-refractivity contribution in [3.8, 4) is 28.0 Å². The molecule has 10 rings (SSSR count). The third-order valence-corrected chi connectivity index (χ3v) is 17.4. The van der Waals surface area contributed by atoms with Crippen LogP contribution in [0.4, 0.5) is 13.2 Å². The quantitative estimate of drug-likeness (QED) is 0.0851. The minimum Gasteiger partial charge on any atom is -0.405 e. The third-order valence-electron chi connectivity index (χ3n) is 16.5. The molecular weight excluding hydrogens is 1010 g/mol. The number of rotatable bonds is 7. The van der Waals surface area contributed by atoms with Gasteiger partial charge in [0.25, 0.3) is 0 Å². The summed E-state index contributed by atoms with van der Waals surface area (Å²) in [5, 5.41) is 1.99. The summed E-state index contributed by atoms with van der Waals surface area (Å²) in [6, 6.07) is 29.5. The van der Waals surface area contributed by atoms with Crippen LogP contribution < -0.4 is 15.1 Å². The summed E-state index contributed by atoms with van der Waals surface area (Å²) < 4.78 is 112. The molecule has 0 spiro atoms. The normalized spacial score (nSPS) is 21.4. The first-order valence-electron chi connectivity index (χ1n) is 25.7. The van der Waals surface area contributed by atoms with E-state index in [1.54, 1.807) is 6.20 Å². The van der Waals surface area contributed by atoms with Gasteiger partial charge in [-0.1, -0.05) is 72.8 Å². The van der Waals surface area contributed by atoms with Gasteiger partial charge in [0.05, 0.1) is 55.8 Å². The monoisotopic (exact) mass is 1080 g/mol. The van der Waals surface area contributed by atoms with Crippen molar-refractivity contribution < 1.29 is 63.0 Å². The molecule has 0 aliphatic carbocycles. The first-order valence-corrected chi connectivity index (χ1v) is 27.2. The van der Waals surface area contributed by atoms with E-state index in [1.165, 1.54) is 24.3 Å². The topological polar surface area (TPSA) is 143 Å². The molecule has 2 aromatic heterocycles. The molecular formula is C56H69B4F3N2O11S. The standard InChI is InChI=1S/C27H33B2NO4.C17H12F3NO3S.C12H24B2O4/c1-24(2)25(3,4)32-28(31-24)19-13-11-18(12-14-19)20-15-16-22(21-10-9-17-30-23(20)21)29-33-26(5,6)27(7,8)34-29;1-11-4-9-15(16-14(11)3-2-10-21-16)12-5-7-13(8-6-12)24-25(22,23)17(18,19)20;1-9(2)10(3,4)16-13(15-9)14-17-11(5,6)12(7,8)18-14/h9-17H,1-8H3;2-10H,1H3;1-8H3. The number of benzene rings is 4. The van der Waals surface area contributed by atoms with Crippen LogP contribution in [0.2, 0.25) is 0 Å². The Hall–Kier alpha value is -4.82. The van der Waals surface area contributed by atoms with Crippen LogP contribution in [-0.4, -0.2) is 97.0 Å². The second-order valence-electron chi connectivity index (χ2n) is 24.0. The molecule has 4 fully saturated rings. The fourth-order valence-corrected chi connectivity index (χ4v) is 9.27. The average molecular weight is 1080 g/mol. The van der Waals surface area contributed by atoms with Crippen LogP contribution >= 0.6 is 0 Å². The zero-order valence-electron chi connectivity index (χ0n) is 47.1. The minimum atomic E-state index is -5.68.